The second kappa shape index (κ2) is 16.1. The zero-order chi connectivity index (χ0) is 23.9. The van der Waals surface area contributed by atoms with E-state index in [1.807, 2.05) is 11.8 Å². The van der Waals surface area contributed by atoms with E-state index in [1.54, 1.807) is 0 Å². The fourth-order valence-corrected chi connectivity index (χ4v) is 5.84. The number of urea groups is 1. The van der Waals surface area contributed by atoms with Crippen LogP contribution in [0.25, 0.3) is 0 Å². The van der Waals surface area contributed by atoms with Gasteiger partial charge in [0.25, 0.3) is 0 Å². The van der Waals surface area contributed by atoms with E-state index in [0.717, 1.165) is 63.5 Å². The van der Waals surface area contributed by atoms with Gasteiger partial charge in [0, 0.05) is 43.4 Å². The van der Waals surface area contributed by atoms with E-state index in [0.29, 0.717) is 37.6 Å². The molecule has 4 atom stereocenters. The quantitative estimate of drug-likeness (QED) is 0.118. The van der Waals surface area contributed by atoms with Crippen LogP contribution in [0.4, 0.5) is 4.79 Å². The fourth-order valence-electron chi connectivity index (χ4n) is 4.15. The molecular weight excluding hydrogens is 461 g/mol. The number of thioether (sulfide) groups is 1. The summed E-state index contributed by atoms with van der Waals surface area (Å²) in [6.07, 6.45) is 9.73. The zero-order valence-electron chi connectivity index (χ0n) is 19.5. The Bertz CT molecular complexity index is 654. The van der Waals surface area contributed by atoms with Gasteiger partial charge >= 0.3 is 6.03 Å². The molecule has 0 aliphatic carbocycles. The summed E-state index contributed by atoms with van der Waals surface area (Å²) in [4.78, 5) is 46.3. The molecule has 2 aliphatic heterocycles. The highest BCUT2D eigenvalue weighted by molar-refractivity contribution is 8.00. The molecule has 4 unspecified atom stereocenters. The first kappa shape index (κ1) is 27.7. The number of hydrogen-bond donors (Lipinski definition) is 5. The lowest BCUT2D eigenvalue weighted by atomic mass is 10.0. The van der Waals surface area contributed by atoms with Gasteiger partial charge in [-0.2, -0.15) is 11.8 Å². The summed E-state index contributed by atoms with van der Waals surface area (Å²) in [6.45, 7) is 1.31. The summed E-state index contributed by atoms with van der Waals surface area (Å²) in [5.74, 6) is 1.16. The first-order valence-corrected chi connectivity index (χ1v) is 13.8. The van der Waals surface area contributed by atoms with Crippen LogP contribution in [-0.4, -0.2) is 59.9 Å². The third-order valence-electron chi connectivity index (χ3n) is 6.05. The molecule has 2 saturated heterocycles. The van der Waals surface area contributed by atoms with Crippen LogP contribution < -0.4 is 26.4 Å². The van der Waals surface area contributed by atoms with E-state index < -0.39 is 0 Å². The lowest BCUT2D eigenvalue weighted by molar-refractivity contribution is -0.122. The second-order valence-electron chi connectivity index (χ2n) is 8.76. The largest absolute Gasteiger partial charge is 0.356 e. The van der Waals surface area contributed by atoms with Gasteiger partial charge in [0.15, 0.2) is 0 Å². The molecule has 33 heavy (non-hydrogen) atoms. The first-order chi connectivity index (χ1) is 16.0. The van der Waals surface area contributed by atoms with Crippen molar-refractivity contribution in [2.45, 2.75) is 94.4 Å². The minimum Gasteiger partial charge on any atom is -0.356 e. The van der Waals surface area contributed by atoms with E-state index >= 15 is 0 Å². The number of rotatable bonds is 17. The third-order valence-corrected chi connectivity index (χ3v) is 7.88. The predicted molar refractivity (Wildman–Crippen MR) is 135 cm³/mol. The highest BCUT2D eigenvalue weighted by Crippen LogP contribution is 2.33. The number of fused-ring (bicyclic) bond motifs is 1. The molecule has 0 aromatic heterocycles. The van der Waals surface area contributed by atoms with Crippen molar-refractivity contribution in [3.63, 3.8) is 0 Å². The molecule has 9 nitrogen and oxygen atoms in total. The number of hydrogen-bond acceptors (Lipinski definition) is 5. The van der Waals surface area contributed by atoms with Gasteiger partial charge in [-0.15, -0.1) is 0 Å². The van der Waals surface area contributed by atoms with Crippen molar-refractivity contribution in [2.75, 3.05) is 18.8 Å². The molecule has 5 amide bonds. The van der Waals surface area contributed by atoms with E-state index in [2.05, 4.69) is 35.7 Å². The molecular formula is C22H40N5O4PS. The number of unbranched alkanes of at least 4 members (excludes halogenated alkanes) is 5. The van der Waals surface area contributed by atoms with Crippen molar-refractivity contribution in [2.24, 2.45) is 0 Å². The van der Waals surface area contributed by atoms with Crippen LogP contribution in [0, 0.1) is 0 Å². The summed E-state index contributed by atoms with van der Waals surface area (Å²) >= 11 is 1.91. The summed E-state index contributed by atoms with van der Waals surface area (Å²) in [5.41, 5.74) is 0. The SMILES string of the molecule is O=C(CCCCCNC(=O)CCCCCNC(=O)CCCCC1SCC2NC(=O)NC21)NP. The van der Waals surface area contributed by atoms with Crippen LogP contribution in [0.5, 0.6) is 0 Å². The average molecular weight is 502 g/mol. The molecule has 0 saturated carbocycles. The monoisotopic (exact) mass is 501 g/mol. The van der Waals surface area contributed by atoms with Gasteiger partial charge in [0.2, 0.25) is 17.7 Å². The molecule has 0 aromatic rings. The molecule has 2 rings (SSSR count). The van der Waals surface area contributed by atoms with Gasteiger partial charge in [0.05, 0.1) is 12.1 Å². The van der Waals surface area contributed by atoms with Gasteiger partial charge in [-0.05, 0) is 47.9 Å². The third kappa shape index (κ3) is 11.4. The van der Waals surface area contributed by atoms with Crippen molar-refractivity contribution in [3.8, 4) is 0 Å². The van der Waals surface area contributed by atoms with Crippen LogP contribution in [0.15, 0.2) is 0 Å². The Kier molecular flexibility index (Phi) is 13.6. The topological polar surface area (TPSA) is 128 Å². The van der Waals surface area contributed by atoms with Gasteiger partial charge < -0.3 is 26.4 Å². The lowest BCUT2D eigenvalue weighted by Gasteiger charge is -2.16. The minimum absolute atomic E-state index is 0.0240. The molecule has 2 fully saturated rings. The maximum atomic E-state index is 12.0. The Morgan fingerprint density at radius 3 is 2.00 bits per heavy atom. The molecule has 0 aromatic carbocycles. The molecule has 2 heterocycles. The smallest absolute Gasteiger partial charge is 0.315 e. The van der Waals surface area contributed by atoms with Crippen LogP contribution in [0.3, 0.4) is 0 Å². The highest BCUT2D eigenvalue weighted by atomic mass is 32.2. The molecule has 2 aliphatic rings. The number of amides is 5. The summed E-state index contributed by atoms with van der Waals surface area (Å²) < 4.78 is 0. The maximum Gasteiger partial charge on any atom is 0.315 e. The van der Waals surface area contributed by atoms with E-state index in [9.17, 15) is 19.2 Å². The number of carbonyl (C=O) groups excluding carboxylic acids is 4. The summed E-state index contributed by atoms with van der Waals surface area (Å²) in [7, 11) is 2.20. The van der Waals surface area contributed by atoms with Crippen LogP contribution in [-0.2, 0) is 14.4 Å². The highest BCUT2D eigenvalue weighted by Gasteiger charge is 2.42. The molecule has 188 valence electrons. The minimum atomic E-state index is -0.0549. The molecule has 5 N–H and O–H groups in total. The molecule has 0 radical (unpaired) electrons. The normalized spacial score (nSPS) is 21.1. The predicted octanol–water partition coefficient (Wildman–Crippen LogP) is 1.97. The van der Waals surface area contributed by atoms with E-state index in [-0.39, 0.29) is 35.8 Å². The molecule has 0 spiro atoms. The Morgan fingerprint density at radius 1 is 0.818 bits per heavy atom. The van der Waals surface area contributed by atoms with Crippen molar-refractivity contribution in [3.05, 3.63) is 0 Å². The van der Waals surface area contributed by atoms with Gasteiger partial charge in [-0.3, -0.25) is 14.4 Å². The fraction of sp³-hybridized carbons (Fsp3) is 0.818. The van der Waals surface area contributed by atoms with Crippen molar-refractivity contribution < 1.29 is 19.2 Å². The standard InChI is InChI=1S/C22H40N5O4PS/c28-18(23-14-8-2-4-12-20(30)27-32)10-3-1-7-13-24-19(29)11-6-5-9-17-21-16(15-33-17)25-22(31)26-21/h16-17,21H,1-15,32H2,(H,23,28)(H,24,29)(H,27,30)(H2,25,26,31). The Hall–Kier alpha value is -1.54. The van der Waals surface area contributed by atoms with Crippen molar-refractivity contribution in [1.82, 2.24) is 26.4 Å². The van der Waals surface area contributed by atoms with Crippen LogP contribution >= 0.6 is 21.2 Å². The number of carbonyl (C=O) groups is 4. The van der Waals surface area contributed by atoms with Gasteiger partial charge in [-0.1, -0.05) is 19.3 Å². The lowest BCUT2D eigenvalue weighted by Crippen LogP contribution is -2.36. The first-order valence-electron chi connectivity index (χ1n) is 12.2. The Morgan fingerprint density at radius 2 is 1.39 bits per heavy atom. The second-order valence-corrected chi connectivity index (χ2v) is 10.3. The van der Waals surface area contributed by atoms with Gasteiger partial charge in [-0.25, -0.2) is 4.79 Å². The Labute approximate surface area is 203 Å². The van der Waals surface area contributed by atoms with E-state index in [4.69, 9.17) is 0 Å². The van der Waals surface area contributed by atoms with Crippen LogP contribution in [0.2, 0.25) is 0 Å². The van der Waals surface area contributed by atoms with Crippen LogP contribution in [0.1, 0.15) is 77.0 Å². The average Bonchev–Trinajstić information content (AvgIpc) is 3.35. The summed E-state index contributed by atoms with van der Waals surface area (Å²) in [6, 6.07) is 0.436. The zero-order valence-corrected chi connectivity index (χ0v) is 21.4. The van der Waals surface area contributed by atoms with Crippen molar-refractivity contribution in [1.29, 1.82) is 0 Å². The maximum absolute atomic E-state index is 12.0. The number of nitrogens with one attached hydrogen (secondary N) is 5. The summed E-state index contributed by atoms with van der Waals surface area (Å²) in [5, 5.41) is 14.8. The molecule has 11 heteroatoms. The molecule has 0 bridgehead atoms. The van der Waals surface area contributed by atoms with E-state index in [1.165, 1.54) is 0 Å². The van der Waals surface area contributed by atoms with Crippen molar-refractivity contribution >= 4 is 44.9 Å². The van der Waals surface area contributed by atoms with Gasteiger partial charge in [0.1, 0.15) is 0 Å². The Balaban J connectivity index is 1.34.